The Labute approximate surface area is 67.7 Å². The predicted molar refractivity (Wildman–Crippen MR) is 43.3 cm³/mol. The van der Waals surface area contributed by atoms with E-state index in [2.05, 4.69) is 12.2 Å². The Kier molecular flexibility index (Phi) is 3.83. The molecule has 0 aliphatic carbocycles. The highest BCUT2D eigenvalue weighted by molar-refractivity contribution is 4.69. The molecule has 0 aromatic rings. The topological polar surface area (TPSA) is 41.5 Å². The molecule has 0 amide bonds. The third-order valence-electron chi connectivity index (χ3n) is 1.93. The van der Waals surface area contributed by atoms with Crippen molar-refractivity contribution in [3.63, 3.8) is 0 Å². The normalized spacial score (nSPS) is 33.3. The van der Waals surface area contributed by atoms with E-state index in [4.69, 9.17) is 4.74 Å². The summed E-state index contributed by atoms with van der Waals surface area (Å²) in [6.07, 6.45) is 2.54. The molecule has 0 aromatic carbocycles. The molecule has 1 saturated heterocycles. The Hall–Kier alpha value is -0.120. The fourth-order valence-electron chi connectivity index (χ4n) is 1.31. The van der Waals surface area contributed by atoms with Crippen molar-refractivity contribution in [3.8, 4) is 0 Å². The van der Waals surface area contributed by atoms with Crippen LogP contribution in [0, 0.1) is 0 Å². The van der Waals surface area contributed by atoms with E-state index >= 15 is 0 Å². The van der Waals surface area contributed by atoms with Crippen molar-refractivity contribution in [1.82, 2.24) is 5.32 Å². The van der Waals surface area contributed by atoms with Crippen LogP contribution in [0.5, 0.6) is 0 Å². The zero-order chi connectivity index (χ0) is 8.10. The SMILES string of the molecule is CCCC1OCCCN[C@H]1O. The summed E-state index contributed by atoms with van der Waals surface area (Å²) in [4.78, 5) is 0. The quantitative estimate of drug-likeness (QED) is 0.616. The van der Waals surface area contributed by atoms with Gasteiger partial charge >= 0.3 is 0 Å². The van der Waals surface area contributed by atoms with Crippen LogP contribution < -0.4 is 5.32 Å². The molecule has 3 heteroatoms. The average molecular weight is 159 g/mol. The highest BCUT2D eigenvalue weighted by Crippen LogP contribution is 2.08. The van der Waals surface area contributed by atoms with E-state index in [1.165, 1.54) is 0 Å². The van der Waals surface area contributed by atoms with Crippen molar-refractivity contribution in [1.29, 1.82) is 0 Å². The molecule has 3 nitrogen and oxygen atoms in total. The van der Waals surface area contributed by atoms with Gasteiger partial charge in [0.1, 0.15) is 6.23 Å². The zero-order valence-corrected chi connectivity index (χ0v) is 7.05. The number of nitrogens with one attached hydrogen (secondary N) is 1. The molecule has 1 heterocycles. The first-order valence-corrected chi connectivity index (χ1v) is 4.37. The molecule has 2 atom stereocenters. The van der Waals surface area contributed by atoms with Crippen LogP contribution in [-0.4, -0.2) is 30.6 Å². The van der Waals surface area contributed by atoms with Gasteiger partial charge in [-0.05, 0) is 19.4 Å². The van der Waals surface area contributed by atoms with Gasteiger partial charge in [-0.3, -0.25) is 5.32 Å². The van der Waals surface area contributed by atoms with E-state index in [-0.39, 0.29) is 6.10 Å². The maximum atomic E-state index is 9.44. The highest BCUT2D eigenvalue weighted by atomic mass is 16.5. The summed E-state index contributed by atoms with van der Waals surface area (Å²) in [5.74, 6) is 0. The molecule has 1 rings (SSSR count). The second-order valence-electron chi connectivity index (χ2n) is 2.95. The van der Waals surface area contributed by atoms with Gasteiger partial charge in [0.2, 0.25) is 0 Å². The molecule has 1 aliphatic heterocycles. The van der Waals surface area contributed by atoms with Crippen molar-refractivity contribution in [2.24, 2.45) is 0 Å². The van der Waals surface area contributed by atoms with Gasteiger partial charge < -0.3 is 9.84 Å². The van der Waals surface area contributed by atoms with Gasteiger partial charge in [-0.25, -0.2) is 0 Å². The lowest BCUT2D eigenvalue weighted by molar-refractivity contribution is -0.0388. The molecule has 1 fully saturated rings. The van der Waals surface area contributed by atoms with Crippen LogP contribution >= 0.6 is 0 Å². The van der Waals surface area contributed by atoms with Crippen LogP contribution in [0.3, 0.4) is 0 Å². The standard InChI is InChI=1S/C8H17NO2/c1-2-4-7-8(10)9-5-3-6-11-7/h7-10H,2-6H2,1H3/t7?,8-/m0/s1. The first kappa shape index (κ1) is 8.97. The fraction of sp³-hybridized carbons (Fsp3) is 1.00. The van der Waals surface area contributed by atoms with E-state index in [0.29, 0.717) is 0 Å². The number of aliphatic hydroxyl groups excluding tert-OH is 1. The van der Waals surface area contributed by atoms with E-state index in [0.717, 1.165) is 32.4 Å². The number of ether oxygens (including phenoxy) is 1. The Morgan fingerprint density at radius 1 is 1.64 bits per heavy atom. The van der Waals surface area contributed by atoms with E-state index in [1.54, 1.807) is 0 Å². The minimum Gasteiger partial charge on any atom is -0.376 e. The smallest absolute Gasteiger partial charge is 0.131 e. The van der Waals surface area contributed by atoms with E-state index in [9.17, 15) is 5.11 Å². The number of hydrogen-bond acceptors (Lipinski definition) is 3. The van der Waals surface area contributed by atoms with Crippen LogP contribution in [0.2, 0.25) is 0 Å². The molecule has 11 heavy (non-hydrogen) atoms. The average Bonchev–Trinajstić information content (AvgIpc) is 2.18. The Morgan fingerprint density at radius 2 is 2.45 bits per heavy atom. The van der Waals surface area contributed by atoms with E-state index in [1.807, 2.05) is 0 Å². The zero-order valence-electron chi connectivity index (χ0n) is 7.05. The van der Waals surface area contributed by atoms with Gasteiger partial charge in [-0.2, -0.15) is 0 Å². The summed E-state index contributed by atoms with van der Waals surface area (Å²) in [7, 11) is 0. The predicted octanol–water partition coefficient (Wildman–Crippen LogP) is 0.483. The maximum absolute atomic E-state index is 9.44. The van der Waals surface area contributed by atoms with Gasteiger partial charge in [0.15, 0.2) is 0 Å². The third-order valence-corrected chi connectivity index (χ3v) is 1.93. The summed E-state index contributed by atoms with van der Waals surface area (Å²) < 4.78 is 5.44. The second-order valence-corrected chi connectivity index (χ2v) is 2.95. The fourth-order valence-corrected chi connectivity index (χ4v) is 1.31. The lowest BCUT2D eigenvalue weighted by Crippen LogP contribution is -2.39. The molecule has 0 spiro atoms. The van der Waals surface area contributed by atoms with Gasteiger partial charge in [0.25, 0.3) is 0 Å². The minimum absolute atomic E-state index is 0.00231. The highest BCUT2D eigenvalue weighted by Gasteiger charge is 2.20. The van der Waals surface area contributed by atoms with Crippen LogP contribution in [0.15, 0.2) is 0 Å². The molecular weight excluding hydrogens is 142 g/mol. The Balaban J connectivity index is 2.32. The van der Waals surface area contributed by atoms with Gasteiger partial charge in [-0.1, -0.05) is 13.3 Å². The molecular formula is C8H17NO2. The van der Waals surface area contributed by atoms with Crippen molar-refractivity contribution in [2.75, 3.05) is 13.2 Å². The molecule has 0 saturated carbocycles. The molecule has 1 aliphatic rings. The third kappa shape index (κ3) is 2.77. The van der Waals surface area contributed by atoms with Gasteiger partial charge in [-0.15, -0.1) is 0 Å². The van der Waals surface area contributed by atoms with Crippen molar-refractivity contribution < 1.29 is 9.84 Å². The molecule has 1 unspecified atom stereocenters. The van der Waals surface area contributed by atoms with Gasteiger partial charge in [0, 0.05) is 6.61 Å². The minimum atomic E-state index is -0.461. The number of hydrogen-bond donors (Lipinski definition) is 2. The summed E-state index contributed by atoms with van der Waals surface area (Å²) >= 11 is 0. The van der Waals surface area contributed by atoms with Crippen LogP contribution in [0.25, 0.3) is 0 Å². The van der Waals surface area contributed by atoms with Crippen LogP contribution in [0.4, 0.5) is 0 Å². The molecule has 2 N–H and O–H groups in total. The van der Waals surface area contributed by atoms with Crippen molar-refractivity contribution in [3.05, 3.63) is 0 Å². The first-order chi connectivity index (χ1) is 5.34. The lowest BCUT2D eigenvalue weighted by Gasteiger charge is -2.19. The molecule has 0 aromatic heterocycles. The second kappa shape index (κ2) is 4.70. The lowest BCUT2D eigenvalue weighted by atomic mass is 10.2. The summed E-state index contributed by atoms with van der Waals surface area (Å²) in [5, 5.41) is 12.5. The van der Waals surface area contributed by atoms with Crippen molar-refractivity contribution >= 4 is 0 Å². The maximum Gasteiger partial charge on any atom is 0.131 e. The molecule has 0 radical (unpaired) electrons. The van der Waals surface area contributed by atoms with Crippen LogP contribution in [0.1, 0.15) is 26.2 Å². The number of rotatable bonds is 2. The Bertz CT molecular complexity index is 108. The summed E-state index contributed by atoms with van der Waals surface area (Å²) in [6, 6.07) is 0. The summed E-state index contributed by atoms with van der Waals surface area (Å²) in [6.45, 7) is 3.73. The Morgan fingerprint density at radius 3 is 3.18 bits per heavy atom. The first-order valence-electron chi connectivity index (χ1n) is 4.37. The monoisotopic (exact) mass is 159 g/mol. The summed E-state index contributed by atoms with van der Waals surface area (Å²) in [5.41, 5.74) is 0. The molecule has 0 bridgehead atoms. The largest absolute Gasteiger partial charge is 0.376 e. The number of aliphatic hydroxyl groups is 1. The van der Waals surface area contributed by atoms with Crippen LogP contribution in [-0.2, 0) is 4.74 Å². The molecule has 66 valence electrons. The van der Waals surface area contributed by atoms with Gasteiger partial charge in [0.05, 0.1) is 6.10 Å². The van der Waals surface area contributed by atoms with Crippen molar-refractivity contribution in [2.45, 2.75) is 38.5 Å². The van der Waals surface area contributed by atoms with E-state index < -0.39 is 6.23 Å².